The van der Waals surface area contributed by atoms with Crippen molar-refractivity contribution in [2.45, 2.75) is 62.8 Å². The highest BCUT2D eigenvalue weighted by Gasteiger charge is 2.65. The lowest BCUT2D eigenvalue weighted by Gasteiger charge is -2.26. The summed E-state index contributed by atoms with van der Waals surface area (Å²) in [4.78, 5) is 12.5. The molecule has 0 unspecified atom stereocenters. The maximum atomic E-state index is 12.5. The number of hydrogen-bond donors (Lipinski definition) is 0. The lowest BCUT2D eigenvalue weighted by molar-refractivity contribution is -0.126. The van der Waals surface area contributed by atoms with E-state index in [2.05, 4.69) is 0 Å². The predicted molar refractivity (Wildman–Crippen MR) is 66.2 cm³/mol. The van der Waals surface area contributed by atoms with Crippen LogP contribution in [-0.2, 0) is 14.3 Å². The van der Waals surface area contributed by atoms with Gasteiger partial charge in [-0.2, -0.15) is 0 Å². The molecule has 4 fully saturated rings. The van der Waals surface area contributed by atoms with Crippen molar-refractivity contribution in [2.75, 3.05) is 7.11 Å². The topological polar surface area (TPSA) is 38.8 Å². The highest BCUT2D eigenvalue weighted by Crippen LogP contribution is 2.58. The van der Waals surface area contributed by atoms with Crippen LogP contribution in [0.4, 0.5) is 0 Å². The molecule has 4 aliphatic rings. The molecule has 0 aromatic heterocycles. The molecular formula is C15H22O3. The van der Waals surface area contributed by atoms with Gasteiger partial charge in [-0.3, -0.25) is 4.79 Å². The lowest BCUT2D eigenvalue weighted by atomic mass is 9.82. The number of methoxy groups -OCH3 is 1. The van der Waals surface area contributed by atoms with Crippen LogP contribution in [0.25, 0.3) is 0 Å². The third-order valence-corrected chi connectivity index (χ3v) is 5.90. The van der Waals surface area contributed by atoms with Gasteiger partial charge < -0.3 is 9.47 Å². The molecule has 1 aliphatic heterocycles. The van der Waals surface area contributed by atoms with E-state index in [1.54, 1.807) is 7.11 Å². The Labute approximate surface area is 108 Å². The van der Waals surface area contributed by atoms with Gasteiger partial charge in [-0.05, 0) is 43.9 Å². The minimum absolute atomic E-state index is 0.100. The highest BCUT2D eigenvalue weighted by atomic mass is 16.6. The van der Waals surface area contributed by atoms with Gasteiger partial charge in [-0.1, -0.05) is 6.42 Å². The van der Waals surface area contributed by atoms with Crippen LogP contribution in [0.3, 0.4) is 0 Å². The molecule has 0 N–H and O–H groups in total. The van der Waals surface area contributed by atoms with E-state index in [1.807, 2.05) is 0 Å². The average Bonchev–Trinajstić information content (AvgIpc) is 2.75. The van der Waals surface area contributed by atoms with Crippen LogP contribution in [0.15, 0.2) is 0 Å². The largest absolute Gasteiger partial charge is 0.378 e. The fraction of sp³-hybridized carbons (Fsp3) is 0.933. The van der Waals surface area contributed by atoms with Gasteiger partial charge in [0.2, 0.25) is 0 Å². The zero-order valence-corrected chi connectivity index (χ0v) is 11.1. The van der Waals surface area contributed by atoms with Gasteiger partial charge >= 0.3 is 0 Å². The maximum absolute atomic E-state index is 12.5. The minimum Gasteiger partial charge on any atom is -0.378 e. The molecule has 1 heterocycles. The van der Waals surface area contributed by atoms with E-state index < -0.39 is 0 Å². The molecule has 1 saturated heterocycles. The number of carbonyl (C=O) groups is 1. The van der Waals surface area contributed by atoms with Crippen LogP contribution in [0, 0.1) is 17.8 Å². The molecule has 0 amide bonds. The second-order valence-electron chi connectivity index (χ2n) is 6.78. The molecule has 0 radical (unpaired) electrons. The molecule has 100 valence electrons. The normalized spacial score (nSPS) is 54.3. The van der Waals surface area contributed by atoms with Crippen molar-refractivity contribution in [3.8, 4) is 0 Å². The molecule has 0 aromatic rings. The zero-order valence-electron chi connectivity index (χ0n) is 11.1. The van der Waals surface area contributed by atoms with Gasteiger partial charge in [-0.25, -0.2) is 0 Å². The quantitative estimate of drug-likeness (QED) is 0.670. The second kappa shape index (κ2) is 3.80. The van der Waals surface area contributed by atoms with Crippen molar-refractivity contribution >= 4 is 5.78 Å². The lowest BCUT2D eigenvalue weighted by Crippen LogP contribution is -2.36. The van der Waals surface area contributed by atoms with E-state index in [1.165, 1.54) is 12.8 Å². The van der Waals surface area contributed by atoms with Crippen molar-refractivity contribution < 1.29 is 14.3 Å². The molecule has 2 bridgehead atoms. The van der Waals surface area contributed by atoms with Crippen molar-refractivity contribution in [3.63, 3.8) is 0 Å². The fourth-order valence-corrected chi connectivity index (χ4v) is 5.01. The smallest absolute Gasteiger partial charge is 0.136 e. The Balaban J connectivity index is 1.68. The van der Waals surface area contributed by atoms with E-state index in [0.717, 1.165) is 32.1 Å². The summed E-state index contributed by atoms with van der Waals surface area (Å²) < 4.78 is 11.8. The summed E-state index contributed by atoms with van der Waals surface area (Å²) >= 11 is 0. The van der Waals surface area contributed by atoms with Gasteiger partial charge in [0.1, 0.15) is 11.9 Å². The van der Waals surface area contributed by atoms with Crippen molar-refractivity contribution in [1.82, 2.24) is 0 Å². The van der Waals surface area contributed by atoms with Crippen LogP contribution in [0.5, 0.6) is 0 Å². The van der Waals surface area contributed by atoms with E-state index in [-0.39, 0.29) is 23.7 Å². The molecular weight excluding hydrogens is 228 g/mol. The zero-order chi connectivity index (χ0) is 12.3. The van der Waals surface area contributed by atoms with Crippen LogP contribution in [0.1, 0.15) is 44.9 Å². The minimum atomic E-state index is 0.100. The molecule has 3 nitrogen and oxygen atoms in total. The summed E-state index contributed by atoms with van der Waals surface area (Å²) in [5, 5.41) is 0. The van der Waals surface area contributed by atoms with Gasteiger partial charge in [0.15, 0.2) is 0 Å². The Morgan fingerprint density at radius 3 is 3.06 bits per heavy atom. The molecule has 6 atom stereocenters. The van der Waals surface area contributed by atoms with E-state index in [4.69, 9.17) is 9.47 Å². The highest BCUT2D eigenvalue weighted by molar-refractivity contribution is 5.82. The summed E-state index contributed by atoms with van der Waals surface area (Å²) in [6.45, 7) is 0. The first kappa shape index (κ1) is 11.4. The van der Waals surface area contributed by atoms with Gasteiger partial charge in [-0.15, -0.1) is 0 Å². The molecule has 0 aromatic carbocycles. The van der Waals surface area contributed by atoms with E-state index >= 15 is 0 Å². The summed E-state index contributed by atoms with van der Waals surface area (Å²) in [5.74, 6) is 1.78. The molecule has 18 heavy (non-hydrogen) atoms. The number of hydrogen-bond acceptors (Lipinski definition) is 3. The number of rotatable bonds is 1. The Hall–Kier alpha value is -0.410. The first-order valence-corrected chi connectivity index (χ1v) is 7.47. The van der Waals surface area contributed by atoms with Crippen LogP contribution >= 0.6 is 0 Å². The molecule has 1 spiro atoms. The molecule has 4 rings (SSSR count). The van der Waals surface area contributed by atoms with E-state index in [0.29, 0.717) is 17.6 Å². The Bertz CT molecular complexity index is 380. The summed E-state index contributed by atoms with van der Waals surface area (Å²) in [6.07, 6.45) is 8.08. The first-order valence-electron chi connectivity index (χ1n) is 7.47. The number of fused-ring (bicyclic) bond motifs is 2. The van der Waals surface area contributed by atoms with Gasteiger partial charge in [0.25, 0.3) is 0 Å². The summed E-state index contributed by atoms with van der Waals surface area (Å²) in [5.41, 5.74) is 0.100. The predicted octanol–water partition coefficient (Wildman–Crippen LogP) is 2.33. The molecule has 3 heteroatoms. The number of carbonyl (C=O) groups excluding carboxylic acids is 1. The molecule has 3 saturated carbocycles. The second-order valence-corrected chi connectivity index (χ2v) is 6.78. The fourth-order valence-electron chi connectivity index (χ4n) is 5.01. The van der Waals surface area contributed by atoms with Crippen molar-refractivity contribution in [3.05, 3.63) is 0 Å². The Morgan fingerprint density at radius 2 is 2.22 bits per heavy atom. The number of ether oxygens (including phenoxy) is 2. The Kier molecular flexibility index (Phi) is 2.41. The number of ketones is 1. The van der Waals surface area contributed by atoms with Crippen LogP contribution < -0.4 is 0 Å². The maximum Gasteiger partial charge on any atom is 0.136 e. The van der Waals surface area contributed by atoms with Crippen molar-refractivity contribution in [1.29, 1.82) is 0 Å². The third-order valence-electron chi connectivity index (χ3n) is 5.90. The first-order chi connectivity index (χ1) is 8.73. The van der Waals surface area contributed by atoms with E-state index in [9.17, 15) is 4.79 Å². The summed E-state index contributed by atoms with van der Waals surface area (Å²) in [7, 11) is 1.80. The Morgan fingerprint density at radius 1 is 1.33 bits per heavy atom. The van der Waals surface area contributed by atoms with Crippen LogP contribution in [0.2, 0.25) is 0 Å². The van der Waals surface area contributed by atoms with Crippen LogP contribution in [-0.4, -0.2) is 30.7 Å². The number of epoxide rings is 1. The standard InChI is InChI=1S/C15H22O3/c1-17-13-11-4-2-3-10(11)12(16)7-9-5-6-15(8-9)14(13)18-15/h9-11,13-14H,2-8H2,1H3/t9-,10+,11-,13+,14-,15+/m1/s1. The van der Waals surface area contributed by atoms with Gasteiger partial charge in [0.05, 0.1) is 11.7 Å². The third kappa shape index (κ3) is 1.47. The molecule has 3 aliphatic carbocycles. The average molecular weight is 250 g/mol. The number of Topliss-reactive ketones (excluding diaryl/α,β-unsaturated/α-hetero) is 1. The van der Waals surface area contributed by atoms with Crippen molar-refractivity contribution in [2.24, 2.45) is 17.8 Å². The van der Waals surface area contributed by atoms with Gasteiger partial charge in [0, 0.05) is 19.4 Å². The SMILES string of the molecule is CO[C@H]1[C@@H]2CCC[C@@H]2C(=O)C[C@H]2CC[C@@]3(C2)O[C@H]13. The summed E-state index contributed by atoms with van der Waals surface area (Å²) in [6, 6.07) is 0. The monoisotopic (exact) mass is 250 g/mol.